The molecule has 58 heavy (non-hydrogen) atoms. The Morgan fingerprint density at radius 1 is 0.552 bits per heavy atom. The van der Waals surface area contributed by atoms with E-state index in [2.05, 4.69) is 123 Å². The second-order valence-electron chi connectivity index (χ2n) is 16.8. The van der Waals surface area contributed by atoms with Gasteiger partial charge in [-0.25, -0.2) is 0 Å². The van der Waals surface area contributed by atoms with E-state index in [0.717, 1.165) is 57.9 Å². The predicted molar refractivity (Wildman–Crippen MR) is 256 cm³/mol. The fourth-order valence-electron chi connectivity index (χ4n) is 4.00. The molecular weight excluding hydrogens is 727 g/mol. The molecular formula is C50H108NO7+. The number of aryl methyl sites for hydroxylation is 1. The highest BCUT2D eigenvalue weighted by atomic mass is 16.5. The monoisotopic (exact) mass is 835 g/mol. The lowest BCUT2D eigenvalue weighted by Crippen LogP contribution is -2.61. The van der Waals surface area contributed by atoms with Gasteiger partial charge in [0.25, 0.3) is 0 Å². The molecule has 2 atom stereocenters. The van der Waals surface area contributed by atoms with Crippen molar-refractivity contribution in [3.05, 3.63) is 29.8 Å². The van der Waals surface area contributed by atoms with E-state index in [1.807, 2.05) is 73.6 Å². The summed E-state index contributed by atoms with van der Waals surface area (Å²) in [4.78, 5) is 0. The molecule has 2 unspecified atom stereocenters. The van der Waals surface area contributed by atoms with E-state index in [1.54, 1.807) is 0 Å². The Balaban J connectivity index is -0.000000137. The Morgan fingerprint density at radius 2 is 1.02 bits per heavy atom. The molecule has 0 saturated heterocycles. The minimum atomic E-state index is 0.105. The van der Waals surface area contributed by atoms with Gasteiger partial charge in [0, 0.05) is 19.8 Å². The first kappa shape index (κ1) is 68.5. The van der Waals surface area contributed by atoms with Crippen molar-refractivity contribution in [3.63, 3.8) is 0 Å². The Labute approximate surface area is 365 Å². The highest BCUT2D eigenvalue weighted by Gasteiger charge is 2.20. The molecule has 0 aliphatic heterocycles. The van der Waals surface area contributed by atoms with Crippen molar-refractivity contribution < 1.29 is 38.9 Å². The van der Waals surface area contributed by atoms with Gasteiger partial charge in [-0.2, -0.15) is 0 Å². The molecule has 3 N–H and O–H groups in total. The minimum Gasteiger partial charge on any atom is -0.491 e. The lowest BCUT2D eigenvalue weighted by atomic mass is 10.00. The lowest BCUT2D eigenvalue weighted by molar-refractivity contribution is -0.422. The number of unbranched alkanes of at least 4 members (excludes halogenated alkanes) is 1. The van der Waals surface area contributed by atoms with E-state index < -0.39 is 0 Å². The van der Waals surface area contributed by atoms with Crippen LogP contribution in [0.2, 0.25) is 0 Å². The molecule has 0 saturated carbocycles. The van der Waals surface area contributed by atoms with Gasteiger partial charge < -0.3 is 38.9 Å². The average Bonchev–Trinajstić information content (AvgIpc) is 3.11. The maximum Gasteiger partial charge on any atom is 0.122 e. The van der Waals surface area contributed by atoms with E-state index in [0.29, 0.717) is 48.8 Å². The van der Waals surface area contributed by atoms with Crippen molar-refractivity contribution in [2.24, 2.45) is 0 Å². The number of para-hydroxylation sites is 1. The molecule has 0 aliphatic rings. The summed E-state index contributed by atoms with van der Waals surface area (Å²) in [5.41, 5.74) is 5.09. The maximum atomic E-state index is 5.74. The van der Waals surface area contributed by atoms with Crippen LogP contribution in [-0.2, 0) is 28.4 Å². The molecule has 0 aliphatic carbocycles. The van der Waals surface area contributed by atoms with Crippen LogP contribution < -0.4 is 10.5 Å². The zero-order valence-electron chi connectivity index (χ0n) is 43.6. The lowest BCUT2D eigenvalue weighted by Gasteiger charge is -2.29. The first-order valence-corrected chi connectivity index (χ1v) is 23.2. The number of ether oxygens (including phenoxy) is 7. The Bertz CT molecular complexity index is 876. The van der Waals surface area contributed by atoms with Crippen LogP contribution in [0.3, 0.4) is 0 Å². The summed E-state index contributed by atoms with van der Waals surface area (Å²) >= 11 is 0. The Hall–Kier alpha value is -1.26. The zero-order chi connectivity index (χ0) is 46.7. The van der Waals surface area contributed by atoms with Crippen molar-refractivity contribution in [2.45, 2.75) is 265 Å². The molecule has 0 radical (unpaired) electrons. The topological polar surface area (TPSA) is 92.3 Å². The van der Waals surface area contributed by atoms with E-state index in [4.69, 9.17) is 33.2 Å². The van der Waals surface area contributed by atoms with Gasteiger partial charge in [0.15, 0.2) is 0 Å². The molecule has 8 heteroatoms. The Morgan fingerprint density at radius 3 is 1.24 bits per heavy atom. The molecule has 1 rings (SSSR count). The van der Waals surface area contributed by atoms with Crippen LogP contribution in [0.15, 0.2) is 24.3 Å². The minimum absolute atomic E-state index is 0.105. The number of benzene rings is 1. The normalized spacial score (nSPS) is 11.9. The third-order valence-electron chi connectivity index (χ3n) is 7.37. The quantitative estimate of drug-likeness (QED) is 0.123. The third kappa shape index (κ3) is 69.4. The summed E-state index contributed by atoms with van der Waals surface area (Å²) < 4.78 is 37.4. The molecule has 0 heterocycles. The van der Waals surface area contributed by atoms with Crippen molar-refractivity contribution in [1.29, 1.82) is 0 Å². The van der Waals surface area contributed by atoms with E-state index in [1.165, 1.54) is 18.4 Å². The molecule has 354 valence electrons. The third-order valence-corrected chi connectivity index (χ3v) is 7.37. The SMILES string of the molecule is CC([NH3+])COC(C)C.CCC(C)(CC)OC(C)C.CCC(C)OC(C)C.CCCCOC(C)C.CCCOC(C)C.CCOC(C)C.Cc1ccccc1OC(C)C. The maximum absolute atomic E-state index is 5.74. The Kier molecular flexibility index (Phi) is 57.1. The smallest absolute Gasteiger partial charge is 0.122 e. The van der Waals surface area contributed by atoms with Crippen molar-refractivity contribution in [3.8, 4) is 5.75 Å². The fraction of sp³-hybridized carbons (Fsp3) is 0.880. The summed E-state index contributed by atoms with van der Waals surface area (Å²) in [6.45, 7) is 53.3. The molecule has 0 aromatic heterocycles. The first-order chi connectivity index (χ1) is 26.8. The summed E-state index contributed by atoms with van der Waals surface area (Å²) in [6.07, 6.45) is 9.82. The van der Waals surface area contributed by atoms with Gasteiger partial charge in [0.05, 0.1) is 61.0 Å². The number of rotatable bonds is 21. The highest BCUT2D eigenvalue weighted by molar-refractivity contribution is 5.31. The van der Waals surface area contributed by atoms with Crippen LogP contribution in [0.4, 0.5) is 0 Å². The number of hydrogen-bond donors (Lipinski definition) is 1. The first-order valence-electron chi connectivity index (χ1n) is 23.2. The van der Waals surface area contributed by atoms with E-state index >= 15 is 0 Å². The van der Waals surface area contributed by atoms with Gasteiger partial charge in [0.1, 0.15) is 11.8 Å². The van der Waals surface area contributed by atoms with Crippen LogP contribution >= 0.6 is 0 Å². The number of hydrogen-bond acceptors (Lipinski definition) is 7. The van der Waals surface area contributed by atoms with Gasteiger partial charge in [-0.05, 0) is 175 Å². The van der Waals surface area contributed by atoms with E-state index in [-0.39, 0.29) is 11.7 Å². The van der Waals surface area contributed by atoms with E-state index in [9.17, 15) is 0 Å². The van der Waals surface area contributed by atoms with Gasteiger partial charge in [0.2, 0.25) is 0 Å². The second-order valence-corrected chi connectivity index (χ2v) is 16.8. The summed E-state index contributed by atoms with van der Waals surface area (Å²) in [5.74, 6) is 0.988. The largest absolute Gasteiger partial charge is 0.491 e. The van der Waals surface area contributed by atoms with Gasteiger partial charge in [-0.1, -0.05) is 59.2 Å². The van der Waals surface area contributed by atoms with Crippen LogP contribution in [0.25, 0.3) is 0 Å². The summed E-state index contributed by atoms with van der Waals surface area (Å²) in [7, 11) is 0. The molecule has 1 aromatic rings. The molecule has 1 aromatic carbocycles. The van der Waals surface area contributed by atoms with Crippen LogP contribution in [0.5, 0.6) is 5.75 Å². The molecule has 0 bridgehead atoms. The molecule has 0 fully saturated rings. The van der Waals surface area contributed by atoms with Crippen LogP contribution in [0, 0.1) is 6.92 Å². The fourth-order valence-corrected chi connectivity index (χ4v) is 4.00. The zero-order valence-corrected chi connectivity index (χ0v) is 43.6. The van der Waals surface area contributed by atoms with Gasteiger partial charge in [-0.3, -0.25) is 0 Å². The van der Waals surface area contributed by atoms with Gasteiger partial charge >= 0.3 is 0 Å². The average molecular weight is 835 g/mol. The van der Waals surface area contributed by atoms with Crippen molar-refractivity contribution >= 4 is 0 Å². The number of quaternary nitrogens is 1. The highest BCUT2D eigenvalue weighted by Crippen LogP contribution is 2.21. The molecule has 8 nitrogen and oxygen atoms in total. The van der Waals surface area contributed by atoms with Crippen LogP contribution in [0.1, 0.15) is 203 Å². The predicted octanol–water partition coefficient (Wildman–Crippen LogP) is 13.5. The van der Waals surface area contributed by atoms with Crippen molar-refractivity contribution in [1.82, 2.24) is 0 Å². The van der Waals surface area contributed by atoms with Crippen LogP contribution in [-0.4, -0.2) is 86.9 Å². The standard InChI is InChI=1S/C10H14O.C9H20O.2C7H16O.C6H15NO.C6H14O.C5H12O/c1-8(2)11-10-7-5-4-6-9(10)3;1-6-9(5,7-2)10-8(3)4;1-5-7(4)8-6(2)3;1-4-5-6-8-7(2)3;1-5(2)8-4-6(3)7;1-4-5-7-6(2)3;1-4-6-5(2)3/h4-8H,1-3H3;8H,6-7H2,1-5H3;6-7H,5H2,1-4H3;7H,4-6H2,1-3H3;5-6H,4,7H2,1-3H3;6H,4-5H2,1-3H3;5H,4H2,1-3H3/p+1. The van der Waals surface area contributed by atoms with Gasteiger partial charge in [-0.15, -0.1) is 0 Å². The molecule has 0 spiro atoms. The van der Waals surface area contributed by atoms with Crippen molar-refractivity contribution in [2.75, 3.05) is 26.4 Å². The molecule has 0 amide bonds. The second kappa shape index (κ2) is 48.4. The summed E-state index contributed by atoms with van der Waals surface area (Å²) in [6, 6.07) is 8.47. The summed E-state index contributed by atoms with van der Waals surface area (Å²) in [5, 5.41) is 0.